The van der Waals surface area contributed by atoms with Crippen molar-refractivity contribution in [2.75, 3.05) is 33.2 Å². The molecule has 0 aromatic heterocycles. The third-order valence-corrected chi connectivity index (χ3v) is 3.06. The fourth-order valence-corrected chi connectivity index (χ4v) is 1.71. The van der Waals surface area contributed by atoms with Gasteiger partial charge in [0.1, 0.15) is 6.04 Å². The summed E-state index contributed by atoms with van der Waals surface area (Å²) in [6, 6.07) is 8.04. The number of esters is 1. The second-order valence-electron chi connectivity index (χ2n) is 4.68. The lowest BCUT2D eigenvalue weighted by molar-refractivity contribution is -0.145. The summed E-state index contributed by atoms with van der Waals surface area (Å²) in [6.45, 7) is 2.57. The maximum Gasteiger partial charge on any atom is 0.322 e. The number of likely N-dealkylation sites (N-methyl/N-ethyl adjacent to an activating group) is 1. The Bertz CT molecular complexity index is 405. The van der Waals surface area contributed by atoms with Crippen molar-refractivity contribution in [3.8, 4) is 0 Å². The monoisotopic (exact) mass is 250 g/mol. The lowest BCUT2D eigenvalue weighted by atomic mass is 10.1. The maximum absolute atomic E-state index is 11.4. The second kappa shape index (κ2) is 6.40. The van der Waals surface area contributed by atoms with Gasteiger partial charge in [0, 0.05) is 26.3 Å². The van der Waals surface area contributed by atoms with Crippen molar-refractivity contribution in [3.63, 3.8) is 0 Å². The number of hydrogen-bond acceptors (Lipinski definition) is 4. The van der Waals surface area contributed by atoms with Crippen LogP contribution in [0.5, 0.6) is 0 Å². The van der Waals surface area contributed by atoms with Gasteiger partial charge in [-0.05, 0) is 31.7 Å². The van der Waals surface area contributed by atoms with E-state index < -0.39 is 0 Å². The van der Waals surface area contributed by atoms with E-state index in [0.717, 1.165) is 12.2 Å². The molecule has 0 aliphatic rings. The molecule has 1 aromatic rings. The molecule has 0 saturated carbocycles. The largest absolute Gasteiger partial charge is 0.468 e. The number of methoxy groups -OCH3 is 1. The Kier molecular flexibility index (Phi) is 5.16. The molecule has 1 rings (SSSR count). The number of anilines is 1. The first-order chi connectivity index (χ1) is 8.45. The van der Waals surface area contributed by atoms with Crippen LogP contribution in [0.25, 0.3) is 0 Å². The standard InChI is InChI=1S/C14H22N2O2/c1-11(14(17)18-5)16(4)10-12-7-6-8-13(9-12)15(2)3/h6-9,11H,10H2,1-5H3/t11-/m1/s1. The minimum atomic E-state index is -0.238. The first-order valence-corrected chi connectivity index (χ1v) is 6.00. The Balaban J connectivity index is 2.72. The highest BCUT2D eigenvalue weighted by Crippen LogP contribution is 2.15. The Morgan fingerprint density at radius 2 is 2.00 bits per heavy atom. The van der Waals surface area contributed by atoms with Gasteiger partial charge >= 0.3 is 5.97 Å². The van der Waals surface area contributed by atoms with Gasteiger partial charge in [-0.1, -0.05) is 12.1 Å². The van der Waals surface area contributed by atoms with E-state index in [1.165, 1.54) is 12.7 Å². The highest BCUT2D eigenvalue weighted by Gasteiger charge is 2.18. The third-order valence-electron chi connectivity index (χ3n) is 3.06. The van der Waals surface area contributed by atoms with Gasteiger partial charge in [-0.25, -0.2) is 0 Å². The molecule has 0 saturated heterocycles. The summed E-state index contributed by atoms with van der Waals surface area (Å²) in [4.78, 5) is 15.5. The van der Waals surface area contributed by atoms with E-state index in [0.29, 0.717) is 0 Å². The van der Waals surface area contributed by atoms with Gasteiger partial charge in [0.25, 0.3) is 0 Å². The molecule has 4 heteroatoms. The Morgan fingerprint density at radius 1 is 1.33 bits per heavy atom. The van der Waals surface area contributed by atoms with Gasteiger partial charge in [0.15, 0.2) is 0 Å². The summed E-state index contributed by atoms with van der Waals surface area (Å²) >= 11 is 0. The first kappa shape index (κ1) is 14.5. The fraction of sp³-hybridized carbons (Fsp3) is 0.500. The van der Waals surface area contributed by atoms with E-state index in [-0.39, 0.29) is 12.0 Å². The average Bonchev–Trinajstić information content (AvgIpc) is 2.37. The third kappa shape index (κ3) is 3.74. The van der Waals surface area contributed by atoms with Crippen LogP contribution in [0.1, 0.15) is 12.5 Å². The summed E-state index contributed by atoms with van der Waals surface area (Å²) in [5, 5.41) is 0. The van der Waals surface area contributed by atoms with Crippen LogP contribution in [0.3, 0.4) is 0 Å². The normalized spacial score (nSPS) is 12.3. The zero-order valence-electron chi connectivity index (χ0n) is 11.8. The van der Waals surface area contributed by atoms with Crippen molar-refractivity contribution in [2.45, 2.75) is 19.5 Å². The molecular weight excluding hydrogens is 228 g/mol. The second-order valence-corrected chi connectivity index (χ2v) is 4.68. The molecule has 1 atom stereocenters. The van der Waals surface area contributed by atoms with E-state index in [2.05, 4.69) is 23.1 Å². The fourth-order valence-electron chi connectivity index (χ4n) is 1.71. The van der Waals surface area contributed by atoms with Gasteiger partial charge in [0.05, 0.1) is 7.11 Å². The van der Waals surface area contributed by atoms with Crippen molar-refractivity contribution in [1.29, 1.82) is 0 Å². The molecule has 4 nitrogen and oxygen atoms in total. The average molecular weight is 250 g/mol. The molecule has 0 spiro atoms. The molecule has 18 heavy (non-hydrogen) atoms. The SMILES string of the molecule is COC(=O)[C@@H](C)N(C)Cc1cccc(N(C)C)c1. The summed E-state index contributed by atoms with van der Waals surface area (Å²) < 4.78 is 4.74. The van der Waals surface area contributed by atoms with Crippen LogP contribution in [0.2, 0.25) is 0 Å². The lowest BCUT2D eigenvalue weighted by Crippen LogP contribution is -2.36. The molecule has 0 radical (unpaired) electrons. The molecule has 1 aromatic carbocycles. The predicted molar refractivity (Wildman–Crippen MR) is 73.7 cm³/mol. The van der Waals surface area contributed by atoms with Crippen LogP contribution in [0.15, 0.2) is 24.3 Å². The molecule has 100 valence electrons. The van der Waals surface area contributed by atoms with Gasteiger partial charge in [-0.3, -0.25) is 9.69 Å². The Hall–Kier alpha value is -1.55. The van der Waals surface area contributed by atoms with Crippen molar-refractivity contribution in [2.24, 2.45) is 0 Å². The quantitative estimate of drug-likeness (QED) is 0.745. The van der Waals surface area contributed by atoms with Crippen molar-refractivity contribution in [3.05, 3.63) is 29.8 Å². The van der Waals surface area contributed by atoms with Gasteiger partial charge < -0.3 is 9.64 Å². The molecule has 0 amide bonds. The zero-order chi connectivity index (χ0) is 13.7. The van der Waals surface area contributed by atoms with E-state index in [9.17, 15) is 4.79 Å². The Morgan fingerprint density at radius 3 is 2.56 bits per heavy atom. The molecule has 0 heterocycles. The maximum atomic E-state index is 11.4. The number of carbonyl (C=O) groups excluding carboxylic acids is 1. The molecule has 0 bridgehead atoms. The van der Waals surface area contributed by atoms with Crippen LogP contribution in [-0.2, 0) is 16.1 Å². The number of rotatable bonds is 5. The van der Waals surface area contributed by atoms with Crippen LogP contribution < -0.4 is 4.90 Å². The van der Waals surface area contributed by atoms with Crippen molar-refractivity contribution >= 4 is 11.7 Å². The number of nitrogens with zero attached hydrogens (tertiary/aromatic N) is 2. The van der Waals surface area contributed by atoms with Crippen LogP contribution in [-0.4, -0.2) is 45.2 Å². The first-order valence-electron chi connectivity index (χ1n) is 6.00. The molecule has 0 N–H and O–H groups in total. The molecular formula is C14H22N2O2. The van der Waals surface area contributed by atoms with Crippen molar-refractivity contribution < 1.29 is 9.53 Å². The van der Waals surface area contributed by atoms with E-state index >= 15 is 0 Å². The summed E-state index contributed by atoms with van der Waals surface area (Å²) in [5.74, 6) is -0.207. The van der Waals surface area contributed by atoms with Crippen LogP contribution in [0, 0.1) is 0 Å². The van der Waals surface area contributed by atoms with Gasteiger partial charge in [-0.15, -0.1) is 0 Å². The highest BCUT2D eigenvalue weighted by atomic mass is 16.5. The highest BCUT2D eigenvalue weighted by molar-refractivity contribution is 5.75. The van der Waals surface area contributed by atoms with Crippen LogP contribution >= 0.6 is 0 Å². The topological polar surface area (TPSA) is 32.8 Å². The van der Waals surface area contributed by atoms with E-state index in [1.54, 1.807) is 0 Å². The molecule has 0 aliphatic carbocycles. The zero-order valence-corrected chi connectivity index (χ0v) is 11.8. The predicted octanol–water partition coefficient (Wildman–Crippen LogP) is 1.75. The summed E-state index contributed by atoms with van der Waals surface area (Å²) in [7, 11) is 7.36. The summed E-state index contributed by atoms with van der Waals surface area (Å²) in [6.07, 6.45) is 0. The Labute approximate surface area is 109 Å². The lowest BCUT2D eigenvalue weighted by Gasteiger charge is -2.23. The van der Waals surface area contributed by atoms with E-state index in [4.69, 9.17) is 4.74 Å². The number of ether oxygens (including phenoxy) is 1. The minimum absolute atomic E-state index is 0.207. The summed E-state index contributed by atoms with van der Waals surface area (Å²) in [5.41, 5.74) is 2.34. The van der Waals surface area contributed by atoms with Crippen LogP contribution in [0.4, 0.5) is 5.69 Å². The molecule has 0 fully saturated rings. The molecule has 0 unspecified atom stereocenters. The smallest absolute Gasteiger partial charge is 0.322 e. The minimum Gasteiger partial charge on any atom is -0.468 e. The number of benzene rings is 1. The van der Waals surface area contributed by atoms with Gasteiger partial charge in [0.2, 0.25) is 0 Å². The number of carbonyl (C=O) groups is 1. The van der Waals surface area contributed by atoms with Gasteiger partial charge in [-0.2, -0.15) is 0 Å². The number of hydrogen-bond donors (Lipinski definition) is 0. The molecule has 0 aliphatic heterocycles. The van der Waals surface area contributed by atoms with E-state index in [1.807, 2.05) is 39.0 Å². The van der Waals surface area contributed by atoms with Crippen molar-refractivity contribution in [1.82, 2.24) is 4.90 Å².